The van der Waals surface area contributed by atoms with Gasteiger partial charge in [0.25, 0.3) is 0 Å². The van der Waals surface area contributed by atoms with Gasteiger partial charge in [0.2, 0.25) is 0 Å². The number of hydrazone groups is 1. The lowest BCUT2D eigenvalue weighted by molar-refractivity contribution is 0.725. The Hall–Kier alpha value is -2.51. The fraction of sp³-hybridized carbons (Fsp3) is 0.417. The molecule has 1 aliphatic heterocycles. The summed E-state index contributed by atoms with van der Waals surface area (Å²) in [6, 6.07) is -0.197. The second kappa shape index (κ2) is 4.55. The van der Waals surface area contributed by atoms with Crippen LogP contribution in [0.15, 0.2) is 15.4 Å². The highest BCUT2D eigenvalue weighted by Crippen LogP contribution is 2.29. The molecule has 1 aliphatic rings. The highest BCUT2D eigenvalue weighted by atomic mass is 15.7. The van der Waals surface area contributed by atoms with Gasteiger partial charge in [0.15, 0.2) is 0 Å². The lowest BCUT2D eigenvalue weighted by Gasteiger charge is -2.17. The zero-order chi connectivity index (χ0) is 14.3. The fourth-order valence-corrected chi connectivity index (χ4v) is 2.35. The van der Waals surface area contributed by atoms with E-state index >= 15 is 0 Å². The molecule has 2 N–H and O–H groups in total. The van der Waals surface area contributed by atoms with E-state index in [1.807, 2.05) is 27.7 Å². The molecule has 0 aromatic carbocycles. The topological polar surface area (TPSA) is 97.7 Å². The highest BCUT2D eigenvalue weighted by molar-refractivity contribution is 5.71. The van der Waals surface area contributed by atoms with Gasteiger partial charge in [0.1, 0.15) is 11.7 Å². The van der Waals surface area contributed by atoms with Crippen LogP contribution in [0.1, 0.15) is 34.4 Å². The number of nitrogens with zero attached hydrogens (tertiary/aromatic N) is 6. The summed E-state index contributed by atoms with van der Waals surface area (Å²) >= 11 is 0. The summed E-state index contributed by atoms with van der Waals surface area (Å²) in [5, 5.41) is 28.5. The van der Waals surface area contributed by atoms with Crippen LogP contribution in [-0.2, 0) is 0 Å². The minimum absolute atomic E-state index is 0.197. The van der Waals surface area contributed by atoms with Crippen molar-refractivity contribution in [2.24, 2.45) is 15.4 Å². The molecule has 104 valence electrons. The quantitative estimate of drug-likeness (QED) is 0.877. The third-order valence-corrected chi connectivity index (χ3v) is 3.35. The molecule has 2 aromatic rings. The number of hydrogen-bond donors (Lipinski definition) is 2. The monoisotopic (exact) mass is 272 g/mol. The van der Waals surface area contributed by atoms with E-state index in [-0.39, 0.29) is 6.04 Å². The molecule has 0 amide bonds. The SMILES string of the molecule is Cc1n[nH]c(C)c1C1C=NN(c2c(C)n[nH]c2C)N=N1. The molecule has 0 fully saturated rings. The van der Waals surface area contributed by atoms with E-state index in [1.165, 1.54) is 5.12 Å². The van der Waals surface area contributed by atoms with Crippen molar-refractivity contribution >= 4 is 11.9 Å². The van der Waals surface area contributed by atoms with E-state index < -0.39 is 0 Å². The van der Waals surface area contributed by atoms with Crippen molar-refractivity contribution in [2.45, 2.75) is 33.7 Å². The third-order valence-electron chi connectivity index (χ3n) is 3.35. The van der Waals surface area contributed by atoms with Crippen molar-refractivity contribution in [3.05, 3.63) is 28.3 Å². The first-order valence-corrected chi connectivity index (χ1v) is 6.36. The van der Waals surface area contributed by atoms with Gasteiger partial charge in [0.05, 0.1) is 23.3 Å². The first kappa shape index (κ1) is 12.5. The average molecular weight is 272 g/mol. The summed E-state index contributed by atoms with van der Waals surface area (Å²) in [4.78, 5) is 0. The molecule has 0 radical (unpaired) electrons. The standard InChI is InChI=1S/C12H16N8/c1-6-11(7(2)15-14-6)10-5-13-20(19-18-10)12-8(3)16-17-9(12)4/h5,10H,1-4H3,(H,14,15)(H,16,17). The summed E-state index contributed by atoms with van der Waals surface area (Å²) < 4.78 is 0. The molecule has 0 saturated heterocycles. The smallest absolute Gasteiger partial charge is 0.138 e. The Kier molecular flexibility index (Phi) is 2.85. The number of H-pyrrole nitrogens is 2. The van der Waals surface area contributed by atoms with E-state index in [0.29, 0.717) is 0 Å². The Morgan fingerprint density at radius 2 is 1.70 bits per heavy atom. The van der Waals surface area contributed by atoms with Gasteiger partial charge in [-0.3, -0.25) is 10.2 Å². The van der Waals surface area contributed by atoms with Crippen molar-refractivity contribution in [3.63, 3.8) is 0 Å². The minimum atomic E-state index is -0.197. The van der Waals surface area contributed by atoms with Crippen LogP contribution in [0, 0.1) is 27.7 Å². The Morgan fingerprint density at radius 1 is 1.00 bits per heavy atom. The van der Waals surface area contributed by atoms with E-state index in [0.717, 1.165) is 34.0 Å². The van der Waals surface area contributed by atoms with Gasteiger partial charge in [0, 0.05) is 11.3 Å². The zero-order valence-electron chi connectivity index (χ0n) is 11.8. The molecule has 3 heterocycles. The lowest BCUT2D eigenvalue weighted by atomic mass is 10.1. The first-order valence-electron chi connectivity index (χ1n) is 6.36. The summed E-state index contributed by atoms with van der Waals surface area (Å²) in [5.41, 5.74) is 5.52. The number of aryl methyl sites for hydroxylation is 4. The van der Waals surface area contributed by atoms with Crippen molar-refractivity contribution < 1.29 is 0 Å². The van der Waals surface area contributed by atoms with Crippen LogP contribution < -0.4 is 5.12 Å². The maximum absolute atomic E-state index is 4.36. The summed E-state index contributed by atoms with van der Waals surface area (Å²) in [5.74, 6) is 0. The molecule has 0 bridgehead atoms. The van der Waals surface area contributed by atoms with E-state index in [2.05, 4.69) is 35.8 Å². The second-order valence-corrected chi connectivity index (χ2v) is 4.83. The number of rotatable bonds is 2. The van der Waals surface area contributed by atoms with Crippen LogP contribution in [-0.4, -0.2) is 26.6 Å². The largest absolute Gasteiger partial charge is 0.282 e. The van der Waals surface area contributed by atoms with Crippen molar-refractivity contribution in [1.29, 1.82) is 0 Å². The average Bonchev–Trinajstić information content (AvgIpc) is 2.94. The van der Waals surface area contributed by atoms with Gasteiger partial charge in [-0.05, 0) is 32.9 Å². The van der Waals surface area contributed by atoms with Crippen LogP contribution in [0.3, 0.4) is 0 Å². The molecular weight excluding hydrogens is 256 g/mol. The molecule has 3 rings (SSSR count). The van der Waals surface area contributed by atoms with E-state index in [1.54, 1.807) is 6.21 Å². The van der Waals surface area contributed by atoms with Crippen LogP contribution in [0.4, 0.5) is 5.69 Å². The van der Waals surface area contributed by atoms with Crippen molar-refractivity contribution in [3.8, 4) is 0 Å². The maximum atomic E-state index is 4.36. The number of aromatic amines is 2. The Balaban J connectivity index is 1.88. The predicted molar refractivity (Wildman–Crippen MR) is 74.7 cm³/mol. The molecule has 8 heteroatoms. The van der Waals surface area contributed by atoms with Gasteiger partial charge in [-0.25, -0.2) is 0 Å². The molecule has 1 unspecified atom stereocenters. The van der Waals surface area contributed by atoms with Gasteiger partial charge in [-0.1, -0.05) is 0 Å². The summed E-state index contributed by atoms with van der Waals surface area (Å²) in [6.07, 6.45) is 1.77. The predicted octanol–water partition coefficient (Wildman–Crippen LogP) is 2.28. The normalized spacial score (nSPS) is 18.0. The molecule has 8 nitrogen and oxygen atoms in total. The van der Waals surface area contributed by atoms with Gasteiger partial charge >= 0.3 is 0 Å². The molecule has 0 aliphatic carbocycles. The second-order valence-electron chi connectivity index (χ2n) is 4.83. The molecule has 2 aromatic heterocycles. The number of aromatic nitrogens is 4. The maximum Gasteiger partial charge on any atom is 0.138 e. The Bertz CT molecular complexity index is 581. The molecule has 1 atom stereocenters. The van der Waals surface area contributed by atoms with Crippen LogP contribution in [0.25, 0.3) is 0 Å². The molecule has 20 heavy (non-hydrogen) atoms. The highest BCUT2D eigenvalue weighted by Gasteiger charge is 2.22. The van der Waals surface area contributed by atoms with Gasteiger partial charge in [-0.15, -0.1) is 5.12 Å². The molecule has 0 spiro atoms. The Morgan fingerprint density at radius 3 is 2.20 bits per heavy atom. The zero-order valence-corrected chi connectivity index (χ0v) is 11.8. The third kappa shape index (κ3) is 1.89. The summed E-state index contributed by atoms with van der Waals surface area (Å²) in [7, 11) is 0. The number of anilines is 1. The molecular formula is C12H16N8. The fourth-order valence-electron chi connectivity index (χ4n) is 2.35. The van der Waals surface area contributed by atoms with Crippen molar-refractivity contribution in [1.82, 2.24) is 20.4 Å². The van der Waals surface area contributed by atoms with Crippen LogP contribution in [0.2, 0.25) is 0 Å². The van der Waals surface area contributed by atoms with Gasteiger partial charge in [-0.2, -0.15) is 20.4 Å². The Labute approximate surface area is 116 Å². The van der Waals surface area contributed by atoms with Crippen LogP contribution in [0.5, 0.6) is 0 Å². The van der Waals surface area contributed by atoms with E-state index in [4.69, 9.17) is 0 Å². The van der Waals surface area contributed by atoms with E-state index in [9.17, 15) is 0 Å². The summed E-state index contributed by atoms with van der Waals surface area (Å²) in [6.45, 7) is 7.74. The molecule has 0 saturated carbocycles. The van der Waals surface area contributed by atoms with Crippen molar-refractivity contribution in [2.75, 3.05) is 5.12 Å². The number of nitrogens with one attached hydrogen (secondary N) is 2. The lowest BCUT2D eigenvalue weighted by Crippen LogP contribution is -2.16. The first-order chi connectivity index (χ1) is 9.58. The minimum Gasteiger partial charge on any atom is -0.282 e. The van der Waals surface area contributed by atoms with Gasteiger partial charge < -0.3 is 0 Å². The van der Waals surface area contributed by atoms with Crippen LogP contribution >= 0.6 is 0 Å². The number of hydrogen-bond acceptors (Lipinski definition) is 6.